The van der Waals surface area contributed by atoms with Gasteiger partial charge in [0.05, 0.1) is 10.7 Å². The van der Waals surface area contributed by atoms with Crippen molar-refractivity contribution in [2.45, 2.75) is 6.42 Å². The lowest BCUT2D eigenvalue weighted by Crippen LogP contribution is -1.99. The number of nitrogen functional groups attached to an aromatic ring is 2. The number of nitrogens with two attached hydrogens (primary N) is 2. The molecule has 0 aliphatic rings. The Morgan fingerprint density at radius 2 is 1.53 bits per heavy atom. The predicted octanol–water partition coefficient (Wildman–Crippen LogP) is 3.86. The van der Waals surface area contributed by atoms with E-state index in [1.54, 1.807) is 12.1 Å². The highest BCUT2D eigenvalue weighted by Crippen LogP contribution is 2.30. The van der Waals surface area contributed by atoms with E-state index in [1.807, 2.05) is 24.3 Å². The summed E-state index contributed by atoms with van der Waals surface area (Å²) in [5.74, 6) is 0. The zero-order chi connectivity index (χ0) is 12.4. The average Bonchev–Trinajstić information content (AvgIpc) is 2.32. The molecule has 2 rings (SSSR count). The molecule has 0 amide bonds. The monoisotopic (exact) mass is 310 g/mol. The molecule has 0 unspecified atom stereocenters. The van der Waals surface area contributed by atoms with E-state index in [4.69, 9.17) is 23.1 Å². The van der Waals surface area contributed by atoms with E-state index >= 15 is 0 Å². The van der Waals surface area contributed by atoms with E-state index < -0.39 is 0 Å². The summed E-state index contributed by atoms with van der Waals surface area (Å²) in [5, 5.41) is 0.549. The Bertz CT molecular complexity index is 538. The summed E-state index contributed by atoms with van der Waals surface area (Å²) in [6.45, 7) is 0. The molecule has 2 aromatic carbocycles. The topological polar surface area (TPSA) is 52.0 Å². The van der Waals surface area contributed by atoms with Crippen LogP contribution in [0.25, 0.3) is 0 Å². The molecule has 2 aromatic rings. The van der Waals surface area contributed by atoms with Gasteiger partial charge in [-0.2, -0.15) is 0 Å². The Hall–Kier alpha value is -1.19. The van der Waals surface area contributed by atoms with Gasteiger partial charge < -0.3 is 11.5 Å². The molecule has 0 aliphatic heterocycles. The van der Waals surface area contributed by atoms with Crippen LogP contribution in [0.3, 0.4) is 0 Å². The third-order valence-electron chi connectivity index (χ3n) is 2.60. The average molecular weight is 312 g/mol. The summed E-state index contributed by atoms with van der Waals surface area (Å²) < 4.78 is 1.05. The molecule has 0 aromatic heterocycles. The summed E-state index contributed by atoms with van der Waals surface area (Å²) in [6, 6.07) is 11.6. The molecular formula is C13H12BrClN2. The normalized spacial score (nSPS) is 10.5. The van der Waals surface area contributed by atoms with E-state index in [2.05, 4.69) is 15.9 Å². The fourth-order valence-electron chi connectivity index (χ4n) is 1.64. The summed E-state index contributed by atoms with van der Waals surface area (Å²) in [4.78, 5) is 0. The molecule has 0 atom stereocenters. The maximum atomic E-state index is 6.17. The van der Waals surface area contributed by atoms with Crippen molar-refractivity contribution in [1.29, 1.82) is 0 Å². The van der Waals surface area contributed by atoms with Gasteiger partial charge in [0.15, 0.2) is 0 Å². The van der Waals surface area contributed by atoms with E-state index in [0.29, 0.717) is 22.8 Å². The third-order valence-corrected chi connectivity index (χ3v) is 3.58. The number of anilines is 2. The van der Waals surface area contributed by atoms with Crippen LogP contribution in [0, 0.1) is 0 Å². The minimum Gasteiger partial charge on any atom is -0.398 e. The lowest BCUT2D eigenvalue weighted by Gasteiger charge is -2.10. The number of halogens is 2. The molecule has 0 radical (unpaired) electrons. The first kappa shape index (κ1) is 12.3. The molecule has 2 nitrogen and oxygen atoms in total. The minimum absolute atomic E-state index is 0.549. The van der Waals surface area contributed by atoms with Gasteiger partial charge in [0.1, 0.15) is 0 Å². The van der Waals surface area contributed by atoms with Crippen LogP contribution in [-0.4, -0.2) is 0 Å². The Morgan fingerprint density at radius 1 is 0.941 bits per heavy atom. The minimum atomic E-state index is 0.549. The summed E-state index contributed by atoms with van der Waals surface area (Å²) in [6.07, 6.45) is 0.684. The molecule has 88 valence electrons. The molecule has 17 heavy (non-hydrogen) atoms. The second-order valence-electron chi connectivity index (χ2n) is 3.84. The quantitative estimate of drug-likeness (QED) is 0.828. The molecule has 0 heterocycles. The van der Waals surface area contributed by atoms with Crippen molar-refractivity contribution < 1.29 is 0 Å². The maximum absolute atomic E-state index is 6.17. The van der Waals surface area contributed by atoms with Gasteiger partial charge in [0, 0.05) is 22.1 Å². The van der Waals surface area contributed by atoms with Crippen LogP contribution < -0.4 is 11.5 Å². The first-order valence-corrected chi connectivity index (χ1v) is 6.32. The fourth-order valence-corrected chi connectivity index (χ4v) is 2.14. The summed E-state index contributed by atoms with van der Waals surface area (Å²) in [5.41, 5.74) is 15.0. The standard InChI is InChI=1S/C13H12BrClN2/c14-9-3-1-8(2-4-9)7-10-11(16)5-6-12(17)13(10)15/h1-6H,7,16-17H2. The molecule has 4 N–H and O–H groups in total. The van der Waals surface area contributed by atoms with Gasteiger partial charge in [-0.25, -0.2) is 0 Å². The molecular weight excluding hydrogens is 300 g/mol. The Labute approximate surface area is 114 Å². The summed E-state index contributed by atoms with van der Waals surface area (Å²) >= 11 is 9.57. The number of rotatable bonds is 2. The highest BCUT2D eigenvalue weighted by molar-refractivity contribution is 9.10. The summed E-state index contributed by atoms with van der Waals surface area (Å²) in [7, 11) is 0. The number of hydrogen-bond acceptors (Lipinski definition) is 2. The second-order valence-corrected chi connectivity index (χ2v) is 5.13. The highest BCUT2D eigenvalue weighted by atomic mass is 79.9. The zero-order valence-corrected chi connectivity index (χ0v) is 11.4. The van der Waals surface area contributed by atoms with Crippen LogP contribution in [0.2, 0.25) is 5.02 Å². The van der Waals surface area contributed by atoms with Crippen molar-refractivity contribution in [3.05, 3.63) is 57.0 Å². The van der Waals surface area contributed by atoms with Gasteiger partial charge in [-0.3, -0.25) is 0 Å². The van der Waals surface area contributed by atoms with E-state index in [1.165, 1.54) is 0 Å². The van der Waals surface area contributed by atoms with Crippen molar-refractivity contribution in [3.8, 4) is 0 Å². The predicted molar refractivity (Wildman–Crippen MR) is 77.2 cm³/mol. The van der Waals surface area contributed by atoms with Crippen molar-refractivity contribution in [2.75, 3.05) is 11.5 Å². The Balaban J connectivity index is 2.36. The molecule has 0 saturated carbocycles. The van der Waals surface area contributed by atoms with E-state index in [-0.39, 0.29) is 0 Å². The van der Waals surface area contributed by atoms with Crippen molar-refractivity contribution in [3.63, 3.8) is 0 Å². The van der Waals surface area contributed by atoms with Crippen molar-refractivity contribution in [1.82, 2.24) is 0 Å². The van der Waals surface area contributed by atoms with Gasteiger partial charge >= 0.3 is 0 Å². The second kappa shape index (κ2) is 4.98. The lowest BCUT2D eigenvalue weighted by molar-refractivity contribution is 1.20. The van der Waals surface area contributed by atoms with Crippen LogP contribution in [0.4, 0.5) is 11.4 Å². The van der Waals surface area contributed by atoms with Crippen molar-refractivity contribution >= 4 is 38.9 Å². The smallest absolute Gasteiger partial charge is 0.0691 e. The first-order valence-electron chi connectivity index (χ1n) is 5.14. The maximum Gasteiger partial charge on any atom is 0.0691 e. The van der Waals surface area contributed by atoms with Gasteiger partial charge in [-0.1, -0.05) is 39.7 Å². The van der Waals surface area contributed by atoms with Crippen LogP contribution in [0.5, 0.6) is 0 Å². The van der Waals surface area contributed by atoms with Gasteiger partial charge in [-0.15, -0.1) is 0 Å². The molecule has 4 heteroatoms. The zero-order valence-electron chi connectivity index (χ0n) is 9.08. The fraction of sp³-hybridized carbons (Fsp3) is 0.0769. The third kappa shape index (κ3) is 2.73. The molecule has 0 aliphatic carbocycles. The van der Waals surface area contributed by atoms with Crippen LogP contribution in [0.1, 0.15) is 11.1 Å². The van der Waals surface area contributed by atoms with Crippen LogP contribution in [0.15, 0.2) is 40.9 Å². The molecule has 0 spiro atoms. The lowest BCUT2D eigenvalue weighted by atomic mass is 10.0. The van der Waals surface area contributed by atoms with Crippen LogP contribution >= 0.6 is 27.5 Å². The van der Waals surface area contributed by atoms with Gasteiger partial charge in [0.25, 0.3) is 0 Å². The number of benzene rings is 2. The van der Waals surface area contributed by atoms with Crippen molar-refractivity contribution in [2.24, 2.45) is 0 Å². The van der Waals surface area contributed by atoms with E-state index in [0.717, 1.165) is 15.6 Å². The van der Waals surface area contributed by atoms with Crippen LogP contribution in [-0.2, 0) is 6.42 Å². The molecule has 0 bridgehead atoms. The molecule has 0 saturated heterocycles. The first-order chi connectivity index (χ1) is 8.08. The Kier molecular flexibility index (Phi) is 3.60. The SMILES string of the molecule is Nc1ccc(N)c(Cc2ccc(Br)cc2)c1Cl. The van der Waals surface area contributed by atoms with Gasteiger partial charge in [-0.05, 0) is 29.8 Å². The molecule has 0 fully saturated rings. The highest BCUT2D eigenvalue weighted by Gasteiger charge is 2.08. The Morgan fingerprint density at radius 3 is 2.18 bits per heavy atom. The van der Waals surface area contributed by atoms with Gasteiger partial charge in [0.2, 0.25) is 0 Å². The number of hydrogen-bond donors (Lipinski definition) is 2. The largest absolute Gasteiger partial charge is 0.398 e. The van der Waals surface area contributed by atoms with E-state index in [9.17, 15) is 0 Å².